The van der Waals surface area contributed by atoms with Crippen molar-refractivity contribution >= 4 is 34.7 Å². The van der Waals surface area contributed by atoms with Gasteiger partial charge < -0.3 is 14.8 Å². The fourth-order valence-electron chi connectivity index (χ4n) is 3.21. The zero-order chi connectivity index (χ0) is 21.3. The average molecular weight is 415 g/mol. The summed E-state index contributed by atoms with van der Waals surface area (Å²) in [6.45, 7) is 5.49. The Morgan fingerprint density at radius 2 is 1.66 bits per heavy atom. The van der Waals surface area contributed by atoms with Crippen LogP contribution in [0.5, 0.6) is 11.5 Å². The van der Waals surface area contributed by atoms with Crippen LogP contribution in [0.25, 0.3) is 5.57 Å². The van der Waals surface area contributed by atoms with E-state index in [1.54, 1.807) is 38.1 Å². The third kappa shape index (κ3) is 3.80. The Labute approximate surface area is 175 Å². The van der Waals surface area contributed by atoms with Crippen LogP contribution in [0.4, 0.5) is 5.69 Å². The monoisotopic (exact) mass is 414 g/mol. The van der Waals surface area contributed by atoms with Crippen molar-refractivity contribution < 1.29 is 19.1 Å². The molecule has 0 fully saturated rings. The van der Waals surface area contributed by atoms with Gasteiger partial charge in [0, 0.05) is 16.8 Å². The summed E-state index contributed by atoms with van der Waals surface area (Å²) in [4.78, 5) is 27.5. The third-order valence-electron chi connectivity index (χ3n) is 4.75. The standard InChI is InChI=1S/C22H23ClN2O4/c1-12(2)25-21(26)19(14-7-9-17(28-4)18(10-14)29-5)20(22(25)27)24-15-8-6-13(3)16(23)11-15/h6-12,24H,1-5H3. The van der Waals surface area contributed by atoms with E-state index in [1.165, 1.54) is 19.1 Å². The first-order valence-electron chi connectivity index (χ1n) is 9.16. The van der Waals surface area contributed by atoms with E-state index < -0.39 is 0 Å². The maximum Gasteiger partial charge on any atom is 0.278 e. The molecule has 0 aliphatic carbocycles. The van der Waals surface area contributed by atoms with Gasteiger partial charge in [-0.05, 0) is 56.2 Å². The fourth-order valence-corrected chi connectivity index (χ4v) is 3.39. The van der Waals surface area contributed by atoms with Gasteiger partial charge in [-0.1, -0.05) is 23.7 Å². The molecule has 152 valence electrons. The molecule has 0 radical (unpaired) electrons. The van der Waals surface area contributed by atoms with Gasteiger partial charge in [0.25, 0.3) is 11.8 Å². The molecule has 1 N–H and O–H groups in total. The number of benzene rings is 2. The topological polar surface area (TPSA) is 67.9 Å². The molecule has 6 nitrogen and oxygen atoms in total. The van der Waals surface area contributed by atoms with Crippen molar-refractivity contribution in [1.29, 1.82) is 0 Å². The molecule has 0 bridgehead atoms. The SMILES string of the molecule is COc1ccc(C2=C(Nc3ccc(C)c(Cl)c3)C(=O)N(C(C)C)C2=O)cc1OC. The molecule has 7 heteroatoms. The van der Waals surface area contributed by atoms with Crippen molar-refractivity contribution in [1.82, 2.24) is 4.90 Å². The molecule has 1 aliphatic rings. The van der Waals surface area contributed by atoms with E-state index in [4.69, 9.17) is 21.1 Å². The highest BCUT2D eigenvalue weighted by molar-refractivity contribution is 6.37. The molecule has 0 atom stereocenters. The highest BCUT2D eigenvalue weighted by Crippen LogP contribution is 2.36. The average Bonchev–Trinajstić information content (AvgIpc) is 2.93. The molecular formula is C22H23ClN2O4. The smallest absolute Gasteiger partial charge is 0.278 e. The van der Waals surface area contributed by atoms with E-state index in [0.29, 0.717) is 27.8 Å². The molecule has 29 heavy (non-hydrogen) atoms. The minimum Gasteiger partial charge on any atom is -0.493 e. The number of aryl methyl sites for hydroxylation is 1. The maximum absolute atomic E-state index is 13.1. The lowest BCUT2D eigenvalue weighted by molar-refractivity contribution is -0.138. The molecule has 3 rings (SSSR count). The van der Waals surface area contributed by atoms with Crippen LogP contribution in [0.3, 0.4) is 0 Å². The van der Waals surface area contributed by atoms with Gasteiger partial charge in [0.15, 0.2) is 11.5 Å². The fraction of sp³-hybridized carbons (Fsp3) is 0.273. The van der Waals surface area contributed by atoms with E-state index in [2.05, 4.69) is 5.32 Å². The second-order valence-electron chi connectivity index (χ2n) is 6.98. The van der Waals surface area contributed by atoms with Crippen LogP contribution < -0.4 is 14.8 Å². The lowest BCUT2D eigenvalue weighted by atomic mass is 10.0. The molecule has 0 unspecified atom stereocenters. The van der Waals surface area contributed by atoms with Gasteiger partial charge in [0.05, 0.1) is 19.8 Å². The van der Waals surface area contributed by atoms with Crippen LogP contribution in [0, 0.1) is 6.92 Å². The van der Waals surface area contributed by atoms with Crippen molar-refractivity contribution in [3.8, 4) is 11.5 Å². The van der Waals surface area contributed by atoms with E-state index in [1.807, 2.05) is 19.1 Å². The Balaban J connectivity index is 2.14. The number of methoxy groups -OCH3 is 2. The highest BCUT2D eigenvalue weighted by Gasteiger charge is 2.40. The first-order valence-corrected chi connectivity index (χ1v) is 9.54. The molecule has 0 saturated carbocycles. The largest absolute Gasteiger partial charge is 0.493 e. The predicted octanol–water partition coefficient (Wildman–Crippen LogP) is 4.27. The first-order chi connectivity index (χ1) is 13.8. The number of hydrogen-bond acceptors (Lipinski definition) is 5. The summed E-state index contributed by atoms with van der Waals surface area (Å²) in [5, 5.41) is 3.67. The quantitative estimate of drug-likeness (QED) is 0.715. The van der Waals surface area contributed by atoms with Crippen molar-refractivity contribution in [3.63, 3.8) is 0 Å². The summed E-state index contributed by atoms with van der Waals surface area (Å²) in [6.07, 6.45) is 0. The number of hydrogen-bond donors (Lipinski definition) is 1. The second-order valence-corrected chi connectivity index (χ2v) is 7.39. The lowest BCUT2D eigenvalue weighted by Gasteiger charge is -2.19. The molecule has 2 aromatic carbocycles. The number of nitrogens with zero attached hydrogens (tertiary/aromatic N) is 1. The summed E-state index contributed by atoms with van der Waals surface area (Å²) in [5.41, 5.74) is 2.59. The van der Waals surface area contributed by atoms with Gasteiger partial charge in [0.1, 0.15) is 5.70 Å². The molecular weight excluding hydrogens is 392 g/mol. The number of halogens is 1. The van der Waals surface area contributed by atoms with Crippen LogP contribution in [0.15, 0.2) is 42.1 Å². The Morgan fingerprint density at radius 3 is 2.24 bits per heavy atom. The zero-order valence-electron chi connectivity index (χ0n) is 17.0. The minimum atomic E-state index is -0.383. The molecule has 1 aliphatic heterocycles. The molecule has 0 aromatic heterocycles. The number of rotatable bonds is 6. The van der Waals surface area contributed by atoms with E-state index in [-0.39, 0.29) is 29.1 Å². The number of anilines is 1. The molecule has 2 aromatic rings. The normalized spacial score (nSPS) is 14.1. The van der Waals surface area contributed by atoms with Gasteiger partial charge in [-0.25, -0.2) is 0 Å². The Morgan fingerprint density at radius 1 is 0.966 bits per heavy atom. The van der Waals surface area contributed by atoms with Crippen molar-refractivity contribution in [3.05, 3.63) is 58.2 Å². The van der Waals surface area contributed by atoms with E-state index in [9.17, 15) is 9.59 Å². The van der Waals surface area contributed by atoms with Gasteiger partial charge in [-0.3, -0.25) is 14.5 Å². The van der Waals surface area contributed by atoms with Crippen LogP contribution in [0.1, 0.15) is 25.0 Å². The number of amides is 2. The van der Waals surface area contributed by atoms with E-state index in [0.717, 1.165) is 5.56 Å². The number of carbonyl (C=O) groups is 2. The Hall–Kier alpha value is -2.99. The van der Waals surface area contributed by atoms with Crippen LogP contribution in [0.2, 0.25) is 5.02 Å². The zero-order valence-corrected chi connectivity index (χ0v) is 17.8. The summed E-state index contributed by atoms with van der Waals surface area (Å²) < 4.78 is 10.6. The van der Waals surface area contributed by atoms with Crippen LogP contribution in [-0.2, 0) is 9.59 Å². The number of imide groups is 1. The highest BCUT2D eigenvalue weighted by atomic mass is 35.5. The van der Waals surface area contributed by atoms with E-state index >= 15 is 0 Å². The lowest BCUT2D eigenvalue weighted by Crippen LogP contribution is -2.38. The van der Waals surface area contributed by atoms with Gasteiger partial charge in [0.2, 0.25) is 0 Å². The predicted molar refractivity (Wildman–Crippen MR) is 113 cm³/mol. The molecule has 2 amide bonds. The molecule has 0 spiro atoms. The summed E-state index contributed by atoms with van der Waals surface area (Å²) in [5.74, 6) is 0.261. The number of carbonyl (C=O) groups excluding carboxylic acids is 2. The maximum atomic E-state index is 13.1. The first kappa shape index (κ1) is 20.7. The van der Waals surface area contributed by atoms with Crippen LogP contribution >= 0.6 is 11.6 Å². The third-order valence-corrected chi connectivity index (χ3v) is 5.15. The van der Waals surface area contributed by atoms with Crippen molar-refractivity contribution in [2.45, 2.75) is 26.8 Å². The molecule has 0 saturated heterocycles. The van der Waals surface area contributed by atoms with Crippen molar-refractivity contribution in [2.24, 2.45) is 0 Å². The number of nitrogens with one attached hydrogen (secondary N) is 1. The summed E-state index contributed by atoms with van der Waals surface area (Å²) >= 11 is 6.22. The molecule has 1 heterocycles. The Kier molecular flexibility index (Phi) is 5.84. The summed E-state index contributed by atoms with van der Waals surface area (Å²) in [7, 11) is 3.06. The minimum absolute atomic E-state index is 0.204. The van der Waals surface area contributed by atoms with Crippen LogP contribution in [-0.4, -0.2) is 37.0 Å². The summed E-state index contributed by atoms with van der Waals surface area (Å²) in [6, 6.07) is 10.2. The Bertz CT molecular complexity index is 1010. The number of ether oxygens (including phenoxy) is 2. The second kappa shape index (κ2) is 8.17. The van der Waals surface area contributed by atoms with Gasteiger partial charge >= 0.3 is 0 Å². The van der Waals surface area contributed by atoms with Gasteiger partial charge in [-0.15, -0.1) is 0 Å². The van der Waals surface area contributed by atoms with Gasteiger partial charge in [-0.2, -0.15) is 0 Å². The van der Waals surface area contributed by atoms with Crippen molar-refractivity contribution in [2.75, 3.05) is 19.5 Å².